The molecule has 7 nitrogen and oxygen atoms in total. The number of nitriles is 1. The maximum absolute atomic E-state index is 12.2. The van der Waals surface area contributed by atoms with Crippen molar-refractivity contribution in [1.82, 2.24) is 14.6 Å². The molecule has 0 atom stereocenters. The summed E-state index contributed by atoms with van der Waals surface area (Å²) in [6.45, 7) is 6.39. The van der Waals surface area contributed by atoms with Crippen LogP contribution in [-0.2, 0) is 4.79 Å². The molecule has 0 aliphatic rings. The van der Waals surface area contributed by atoms with Gasteiger partial charge in [-0.1, -0.05) is 45.0 Å². The van der Waals surface area contributed by atoms with Gasteiger partial charge in [-0.15, -0.1) is 5.10 Å². The highest BCUT2D eigenvalue weighted by Gasteiger charge is 2.13. The number of para-hydroxylation sites is 1. The van der Waals surface area contributed by atoms with Crippen molar-refractivity contribution in [3.05, 3.63) is 72.4 Å². The highest BCUT2D eigenvalue weighted by atomic mass is 16.1. The van der Waals surface area contributed by atoms with Gasteiger partial charge in [-0.2, -0.15) is 10.2 Å². The average molecular weight is 439 g/mol. The fraction of sp³-hybridized carbons (Fsp3) is 0.231. The zero-order valence-corrected chi connectivity index (χ0v) is 19.0. The van der Waals surface area contributed by atoms with Gasteiger partial charge in [0, 0.05) is 23.9 Å². The first-order valence-electron chi connectivity index (χ1n) is 10.8. The molecule has 7 heteroatoms. The maximum Gasteiger partial charge on any atom is 0.247 e. The molecule has 0 fully saturated rings. The minimum Gasteiger partial charge on any atom is -0.326 e. The number of hydrogen-bond donors (Lipinski definition) is 2. The van der Waals surface area contributed by atoms with Crippen LogP contribution in [0.4, 0.5) is 17.3 Å². The molecule has 2 N–H and O–H groups in total. The highest BCUT2D eigenvalue weighted by Crippen LogP contribution is 2.24. The Morgan fingerprint density at radius 1 is 1.03 bits per heavy atom. The first-order chi connectivity index (χ1) is 15.8. The molecule has 4 aromatic rings. The first-order valence-corrected chi connectivity index (χ1v) is 10.8. The van der Waals surface area contributed by atoms with Crippen LogP contribution in [0.15, 0.2) is 66.9 Å². The number of anilines is 3. The lowest BCUT2D eigenvalue weighted by molar-refractivity contribution is -0.116. The summed E-state index contributed by atoms with van der Waals surface area (Å²) in [5, 5.41) is 19.8. The van der Waals surface area contributed by atoms with E-state index < -0.39 is 0 Å². The van der Waals surface area contributed by atoms with Crippen molar-refractivity contribution in [3.63, 3.8) is 0 Å². The summed E-state index contributed by atoms with van der Waals surface area (Å²) >= 11 is 0. The Morgan fingerprint density at radius 3 is 2.48 bits per heavy atom. The molecule has 0 spiro atoms. The second kappa shape index (κ2) is 9.13. The van der Waals surface area contributed by atoms with E-state index in [1.54, 1.807) is 10.6 Å². The Bertz CT molecular complexity index is 1330. The van der Waals surface area contributed by atoms with Crippen LogP contribution in [-0.4, -0.2) is 20.5 Å². The summed E-state index contributed by atoms with van der Waals surface area (Å²) in [4.78, 5) is 16.7. The molecule has 2 aromatic carbocycles. The molecule has 2 heterocycles. The summed E-state index contributed by atoms with van der Waals surface area (Å²) < 4.78 is 1.70. The van der Waals surface area contributed by atoms with E-state index >= 15 is 0 Å². The summed E-state index contributed by atoms with van der Waals surface area (Å²) in [5.74, 6) is 0.447. The van der Waals surface area contributed by atoms with E-state index in [9.17, 15) is 10.1 Å². The molecule has 33 heavy (non-hydrogen) atoms. The van der Waals surface area contributed by atoms with Gasteiger partial charge in [0.05, 0.1) is 11.3 Å². The third-order valence-corrected chi connectivity index (χ3v) is 5.23. The van der Waals surface area contributed by atoms with Crippen LogP contribution in [0, 0.1) is 16.7 Å². The van der Waals surface area contributed by atoms with Crippen LogP contribution in [0.25, 0.3) is 16.8 Å². The fourth-order valence-electron chi connectivity index (χ4n) is 3.37. The minimum absolute atomic E-state index is 0.0275. The molecule has 4 rings (SSSR count). The smallest absolute Gasteiger partial charge is 0.247 e. The Labute approximate surface area is 193 Å². The molecule has 0 unspecified atom stereocenters. The van der Waals surface area contributed by atoms with Gasteiger partial charge in [-0.25, -0.2) is 4.52 Å². The van der Waals surface area contributed by atoms with Gasteiger partial charge in [0.1, 0.15) is 6.07 Å². The zero-order chi connectivity index (χ0) is 23.4. The van der Waals surface area contributed by atoms with Crippen molar-refractivity contribution in [2.75, 3.05) is 10.6 Å². The molecule has 0 aliphatic heterocycles. The summed E-state index contributed by atoms with van der Waals surface area (Å²) in [6.07, 6.45) is 3.25. The van der Waals surface area contributed by atoms with E-state index in [0.717, 1.165) is 23.2 Å². The topological polar surface area (TPSA) is 95.1 Å². The Morgan fingerprint density at radius 2 is 1.76 bits per heavy atom. The van der Waals surface area contributed by atoms with Crippen molar-refractivity contribution in [3.8, 4) is 17.2 Å². The predicted molar refractivity (Wildman–Crippen MR) is 130 cm³/mol. The van der Waals surface area contributed by atoms with Crippen LogP contribution >= 0.6 is 0 Å². The second-order valence-electron chi connectivity index (χ2n) is 9.12. The van der Waals surface area contributed by atoms with E-state index in [1.165, 1.54) is 0 Å². The number of aromatic nitrogens is 3. The Kier molecular flexibility index (Phi) is 6.09. The molecular weight excluding hydrogens is 412 g/mol. The maximum atomic E-state index is 12.2. The molecular formula is C26H26N6O. The van der Waals surface area contributed by atoms with Gasteiger partial charge in [0.15, 0.2) is 5.65 Å². The van der Waals surface area contributed by atoms with Crippen LogP contribution in [0.5, 0.6) is 0 Å². The Hall–Kier alpha value is -4.18. The van der Waals surface area contributed by atoms with Crippen molar-refractivity contribution in [2.24, 2.45) is 5.41 Å². The van der Waals surface area contributed by atoms with Crippen molar-refractivity contribution in [1.29, 1.82) is 5.26 Å². The highest BCUT2D eigenvalue weighted by molar-refractivity contribution is 5.91. The van der Waals surface area contributed by atoms with Gasteiger partial charge >= 0.3 is 0 Å². The standard InChI is InChI=1S/C26H26N6O/c1-26(2,3)15-14-24(33)28-21-11-8-18(9-12-21)20-10-13-23-30-25(31-32(23)17-20)29-22-7-5-4-6-19(22)16-27/h4-13,17H,14-15H2,1-3H3,(H,28,33)(H,29,31). The summed E-state index contributed by atoms with van der Waals surface area (Å²) in [6, 6.07) is 21.0. The number of carbonyl (C=O) groups is 1. The van der Waals surface area contributed by atoms with Crippen LogP contribution in [0.3, 0.4) is 0 Å². The lowest BCUT2D eigenvalue weighted by Crippen LogP contribution is -2.15. The van der Waals surface area contributed by atoms with E-state index in [2.05, 4.69) is 47.6 Å². The number of amides is 1. The Balaban J connectivity index is 1.47. The average Bonchev–Trinajstić information content (AvgIpc) is 3.19. The van der Waals surface area contributed by atoms with Crippen molar-refractivity contribution in [2.45, 2.75) is 33.6 Å². The fourth-order valence-corrected chi connectivity index (χ4v) is 3.37. The van der Waals surface area contributed by atoms with Gasteiger partial charge in [0.2, 0.25) is 11.9 Å². The number of nitrogens with one attached hydrogen (secondary N) is 2. The van der Waals surface area contributed by atoms with E-state index in [1.807, 2.05) is 60.8 Å². The number of fused-ring (bicyclic) bond motifs is 1. The molecule has 0 saturated heterocycles. The number of rotatable bonds is 6. The second-order valence-corrected chi connectivity index (χ2v) is 9.12. The molecule has 0 bridgehead atoms. The van der Waals surface area contributed by atoms with E-state index in [4.69, 9.17) is 0 Å². The normalized spacial score (nSPS) is 11.2. The van der Waals surface area contributed by atoms with Crippen LogP contribution in [0.2, 0.25) is 0 Å². The number of carbonyl (C=O) groups excluding carboxylic acids is 1. The van der Waals surface area contributed by atoms with Gasteiger partial charge in [0.25, 0.3) is 0 Å². The number of benzene rings is 2. The number of nitrogens with zero attached hydrogens (tertiary/aromatic N) is 4. The third-order valence-electron chi connectivity index (χ3n) is 5.23. The largest absolute Gasteiger partial charge is 0.326 e. The first kappa shape index (κ1) is 22.0. The molecule has 166 valence electrons. The zero-order valence-electron chi connectivity index (χ0n) is 19.0. The SMILES string of the molecule is CC(C)(C)CCC(=O)Nc1ccc(-c2ccc3nc(Nc4ccccc4C#N)nn3c2)cc1. The molecule has 2 aromatic heterocycles. The number of pyridine rings is 1. The summed E-state index contributed by atoms with van der Waals surface area (Å²) in [7, 11) is 0. The number of hydrogen-bond acceptors (Lipinski definition) is 5. The van der Waals surface area contributed by atoms with Crippen LogP contribution in [0.1, 0.15) is 39.2 Å². The quantitative estimate of drug-likeness (QED) is 0.398. The third kappa shape index (κ3) is 5.55. The molecule has 0 radical (unpaired) electrons. The van der Waals surface area contributed by atoms with E-state index in [-0.39, 0.29) is 11.3 Å². The van der Waals surface area contributed by atoms with Crippen molar-refractivity contribution >= 4 is 28.9 Å². The molecule has 1 amide bonds. The predicted octanol–water partition coefficient (Wildman–Crippen LogP) is 5.78. The van der Waals surface area contributed by atoms with Gasteiger partial charge in [-0.3, -0.25) is 4.79 Å². The van der Waals surface area contributed by atoms with E-state index in [0.29, 0.717) is 29.3 Å². The van der Waals surface area contributed by atoms with Crippen molar-refractivity contribution < 1.29 is 4.79 Å². The lowest BCUT2D eigenvalue weighted by Gasteiger charge is -2.17. The molecule has 0 aliphatic carbocycles. The molecule has 0 saturated carbocycles. The van der Waals surface area contributed by atoms with Crippen LogP contribution < -0.4 is 10.6 Å². The van der Waals surface area contributed by atoms with Gasteiger partial charge in [-0.05, 0) is 53.8 Å². The summed E-state index contributed by atoms with van der Waals surface area (Å²) in [5.41, 5.74) is 4.78. The van der Waals surface area contributed by atoms with Gasteiger partial charge < -0.3 is 10.6 Å². The monoisotopic (exact) mass is 438 g/mol. The minimum atomic E-state index is 0.0275. The lowest BCUT2D eigenvalue weighted by atomic mass is 9.90.